The molecule has 1 fully saturated rings. The normalized spacial score (nSPS) is 16.9. The molecular weight excluding hydrogens is 278 g/mol. The lowest BCUT2D eigenvalue weighted by atomic mass is 10.1. The SMILES string of the molecule is Cc1cc(C(=O)O)cc(S(=O)(=O)NCC2(C)CC2)c1C. The van der Waals surface area contributed by atoms with Crippen molar-refractivity contribution >= 4 is 16.0 Å². The van der Waals surface area contributed by atoms with Crippen molar-refractivity contribution in [2.75, 3.05) is 6.54 Å². The summed E-state index contributed by atoms with van der Waals surface area (Å²) in [6.45, 7) is 5.82. The van der Waals surface area contributed by atoms with E-state index in [4.69, 9.17) is 5.11 Å². The van der Waals surface area contributed by atoms with Gasteiger partial charge in [-0.3, -0.25) is 0 Å². The molecule has 1 aromatic rings. The highest BCUT2D eigenvalue weighted by Gasteiger charge is 2.38. The second-order valence-corrected chi connectivity index (χ2v) is 7.59. The number of aryl methyl sites for hydroxylation is 1. The van der Waals surface area contributed by atoms with E-state index in [2.05, 4.69) is 4.72 Å². The second kappa shape index (κ2) is 4.86. The van der Waals surface area contributed by atoms with E-state index in [0.29, 0.717) is 17.7 Å². The summed E-state index contributed by atoms with van der Waals surface area (Å²) in [5.41, 5.74) is 1.29. The van der Waals surface area contributed by atoms with E-state index >= 15 is 0 Å². The lowest BCUT2D eigenvalue weighted by Crippen LogP contribution is -2.30. The van der Waals surface area contributed by atoms with Crippen LogP contribution >= 0.6 is 0 Å². The Morgan fingerprint density at radius 3 is 2.45 bits per heavy atom. The number of benzene rings is 1. The molecule has 0 heterocycles. The van der Waals surface area contributed by atoms with Gasteiger partial charge < -0.3 is 5.11 Å². The summed E-state index contributed by atoms with van der Waals surface area (Å²) in [6.07, 6.45) is 2.03. The molecule has 0 bridgehead atoms. The van der Waals surface area contributed by atoms with Gasteiger partial charge in [0.05, 0.1) is 10.5 Å². The average molecular weight is 297 g/mol. The molecule has 0 atom stereocenters. The number of carbonyl (C=O) groups is 1. The first-order valence-corrected chi connectivity index (χ1v) is 7.97. The molecule has 0 saturated heterocycles. The summed E-state index contributed by atoms with van der Waals surface area (Å²) in [5.74, 6) is -1.13. The first kappa shape index (κ1) is 15.0. The third kappa shape index (κ3) is 3.02. The van der Waals surface area contributed by atoms with Crippen LogP contribution in [0.5, 0.6) is 0 Å². The maximum atomic E-state index is 12.4. The third-order valence-electron chi connectivity index (χ3n) is 3.95. The minimum atomic E-state index is -3.68. The first-order chi connectivity index (χ1) is 9.15. The number of nitrogens with one attached hydrogen (secondary N) is 1. The van der Waals surface area contributed by atoms with Gasteiger partial charge in [0.1, 0.15) is 0 Å². The Balaban J connectivity index is 2.37. The van der Waals surface area contributed by atoms with Crippen molar-refractivity contribution in [3.05, 3.63) is 28.8 Å². The van der Waals surface area contributed by atoms with Crippen molar-refractivity contribution in [2.24, 2.45) is 5.41 Å². The van der Waals surface area contributed by atoms with Crippen LogP contribution in [0.2, 0.25) is 0 Å². The van der Waals surface area contributed by atoms with Crippen molar-refractivity contribution in [1.82, 2.24) is 4.72 Å². The molecule has 0 spiro atoms. The number of carboxylic acids is 1. The maximum absolute atomic E-state index is 12.4. The molecule has 1 aliphatic rings. The third-order valence-corrected chi connectivity index (χ3v) is 5.48. The Morgan fingerprint density at radius 2 is 1.95 bits per heavy atom. The smallest absolute Gasteiger partial charge is 0.335 e. The highest BCUT2D eigenvalue weighted by molar-refractivity contribution is 7.89. The Morgan fingerprint density at radius 1 is 1.35 bits per heavy atom. The van der Waals surface area contributed by atoms with Gasteiger partial charge in [-0.25, -0.2) is 17.9 Å². The Hall–Kier alpha value is -1.40. The molecule has 0 radical (unpaired) electrons. The van der Waals surface area contributed by atoms with Crippen LogP contribution in [0.25, 0.3) is 0 Å². The van der Waals surface area contributed by atoms with Crippen LogP contribution in [-0.2, 0) is 10.0 Å². The number of rotatable bonds is 5. The number of sulfonamides is 1. The van der Waals surface area contributed by atoms with Crippen LogP contribution in [0.1, 0.15) is 41.3 Å². The van der Waals surface area contributed by atoms with Crippen LogP contribution in [0, 0.1) is 19.3 Å². The fraction of sp³-hybridized carbons (Fsp3) is 0.500. The number of hydrogen-bond donors (Lipinski definition) is 2. The Labute approximate surface area is 119 Å². The van der Waals surface area contributed by atoms with Crippen LogP contribution in [0.15, 0.2) is 17.0 Å². The molecule has 0 aliphatic heterocycles. The molecule has 0 aromatic heterocycles. The molecule has 5 nitrogen and oxygen atoms in total. The fourth-order valence-electron chi connectivity index (χ4n) is 1.97. The molecule has 20 heavy (non-hydrogen) atoms. The average Bonchev–Trinajstić information content (AvgIpc) is 3.08. The van der Waals surface area contributed by atoms with E-state index in [1.807, 2.05) is 6.92 Å². The number of carboxylic acid groups (broad SMARTS) is 1. The first-order valence-electron chi connectivity index (χ1n) is 6.49. The van der Waals surface area contributed by atoms with Crippen molar-refractivity contribution < 1.29 is 18.3 Å². The van der Waals surface area contributed by atoms with E-state index in [0.717, 1.165) is 12.8 Å². The summed E-state index contributed by atoms with van der Waals surface area (Å²) in [4.78, 5) is 11.1. The molecule has 1 aromatic carbocycles. The van der Waals surface area contributed by atoms with Crippen molar-refractivity contribution in [2.45, 2.75) is 38.5 Å². The zero-order valence-electron chi connectivity index (χ0n) is 11.9. The predicted molar refractivity (Wildman–Crippen MR) is 75.4 cm³/mol. The molecule has 110 valence electrons. The lowest BCUT2D eigenvalue weighted by Gasteiger charge is -2.14. The summed E-state index contributed by atoms with van der Waals surface area (Å²) in [5, 5.41) is 9.04. The Kier molecular flexibility index (Phi) is 3.64. The summed E-state index contributed by atoms with van der Waals surface area (Å²) in [6, 6.07) is 2.71. The molecule has 1 aliphatic carbocycles. The quantitative estimate of drug-likeness (QED) is 0.871. The van der Waals surface area contributed by atoms with Crippen molar-refractivity contribution in [1.29, 1.82) is 0 Å². The van der Waals surface area contributed by atoms with Gasteiger partial charge in [0, 0.05) is 6.54 Å². The van der Waals surface area contributed by atoms with Gasteiger partial charge in [-0.05, 0) is 55.4 Å². The topological polar surface area (TPSA) is 83.5 Å². The Bertz CT molecular complexity index is 660. The van der Waals surface area contributed by atoms with Crippen molar-refractivity contribution in [3.8, 4) is 0 Å². The highest BCUT2D eigenvalue weighted by Crippen LogP contribution is 2.44. The van der Waals surface area contributed by atoms with Gasteiger partial charge in [0.2, 0.25) is 10.0 Å². The number of aromatic carboxylic acids is 1. The van der Waals surface area contributed by atoms with Crippen LogP contribution < -0.4 is 4.72 Å². The molecule has 0 unspecified atom stereocenters. The summed E-state index contributed by atoms with van der Waals surface area (Å²) >= 11 is 0. The van der Waals surface area contributed by atoms with Gasteiger partial charge >= 0.3 is 5.97 Å². The van der Waals surface area contributed by atoms with Crippen LogP contribution in [-0.4, -0.2) is 26.0 Å². The van der Waals surface area contributed by atoms with Gasteiger partial charge in [-0.1, -0.05) is 6.92 Å². The predicted octanol–water partition coefficient (Wildman–Crippen LogP) is 2.08. The van der Waals surface area contributed by atoms with E-state index < -0.39 is 16.0 Å². The highest BCUT2D eigenvalue weighted by atomic mass is 32.2. The van der Waals surface area contributed by atoms with Gasteiger partial charge in [0.15, 0.2) is 0 Å². The number of hydrogen-bond acceptors (Lipinski definition) is 3. The zero-order valence-corrected chi connectivity index (χ0v) is 12.7. The van der Waals surface area contributed by atoms with Gasteiger partial charge in [-0.2, -0.15) is 0 Å². The summed E-state index contributed by atoms with van der Waals surface area (Å²) < 4.78 is 27.3. The second-order valence-electron chi connectivity index (χ2n) is 5.86. The molecule has 2 N–H and O–H groups in total. The molecule has 2 rings (SSSR count). The standard InChI is InChI=1S/C14H19NO4S/c1-9-6-11(13(16)17)7-12(10(9)2)20(18,19)15-8-14(3)4-5-14/h6-7,15H,4-5,8H2,1-3H3,(H,16,17). The van der Waals surface area contributed by atoms with Crippen LogP contribution in [0.3, 0.4) is 0 Å². The van der Waals surface area contributed by atoms with Crippen LogP contribution in [0.4, 0.5) is 0 Å². The van der Waals surface area contributed by atoms with Gasteiger partial charge in [-0.15, -0.1) is 0 Å². The zero-order chi connectivity index (χ0) is 15.1. The van der Waals surface area contributed by atoms with E-state index in [1.54, 1.807) is 13.8 Å². The van der Waals surface area contributed by atoms with Crippen molar-refractivity contribution in [3.63, 3.8) is 0 Å². The molecular formula is C14H19NO4S. The van der Waals surface area contributed by atoms with E-state index in [1.165, 1.54) is 12.1 Å². The maximum Gasteiger partial charge on any atom is 0.335 e. The van der Waals surface area contributed by atoms with E-state index in [9.17, 15) is 13.2 Å². The minimum Gasteiger partial charge on any atom is -0.478 e. The largest absolute Gasteiger partial charge is 0.478 e. The van der Waals surface area contributed by atoms with E-state index in [-0.39, 0.29) is 15.9 Å². The molecule has 1 saturated carbocycles. The molecule has 0 amide bonds. The lowest BCUT2D eigenvalue weighted by molar-refractivity contribution is 0.0696. The fourth-order valence-corrected chi connectivity index (χ4v) is 3.51. The minimum absolute atomic E-state index is 0.00823. The summed E-state index contributed by atoms with van der Waals surface area (Å²) in [7, 11) is -3.68. The molecule has 6 heteroatoms. The monoisotopic (exact) mass is 297 g/mol. The van der Waals surface area contributed by atoms with Gasteiger partial charge in [0.25, 0.3) is 0 Å².